The summed E-state index contributed by atoms with van der Waals surface area (Å²) >= 11 is 23.3. The van der Waals surface area contributed by atoms with E-state index in [0.29, 0.717) is 34.8 Å². The topological polar surface area (TPSA) is 53.7 Å². The van der Waals surface area contributed by atoms with E-state index in [-0.39, 0.29) is 11.1 Å². The zero-order valence-electron chi connectivity index (χ0n) is 11.8. The van der Waals surface area contributed by atoms with E-state index in [1.54, 1.807) is 12.1 Å². The van der Waals surface area contributed by atoms with Gasteiger partial charge in [0.15, 0.2) is 5.75 Å². The summed E-state index contributed by atoms with van der Waals surface area (Å²) in [4.78, 5) is 4.49. The van der Waals surface area contributed by atoms with Gasteiger partial charge in [0.25, 0.3) is 0 Å². The Kier molecular flexibility index (Phi) is 10.0. The molecule has 0 bridgehead atoms. The summed E-state index contributed by atoms with van der Waals surface area (Å²) in [6.07, 6.45) is 4.19. The molecule has 0 saturated heterocycles. The number of ether oxygens (including phenoxy) is 2. The number of hydrogen-bond acceptors (Lipinski definition) is 4. The Bertz CT molecular complexity index is 470. The number of rotatable bonds is 10. The van der Waals surface area contributed by atoms with Gasteiger partial charge in [-0.15, -0.1) is 0 Å². The predicted octanol–water partition coefficient (Wildman–Crippen LogP) is 5.13. The minimum atomic E-state index is 0.136. The van der Waals surface area contributed by atoms with Gasteiger partial charge in [0.05, 0.1) is 23.3 Å². The van der Waals surface area contributed by atoms with Gasteiger partial charge >= 0.3 is 0 Å². The van der Waals surface area contributed by atoms with E-state index >= 15 is 0 Å². The Morgan fingerprint density at radius 3 is 2.23 bits per heavy atom. The second-order valence-corrected chi connectivity index (χ2v) is 6.12. The van der Waals surface area contributed by atoms with E-state index in [1.165, 1.54) is 6.08 Å². The largest absolute Gasteiger partial charge is 0.490 e. The highest BCUT2D eigenvalue weighted by atomic mass is 35.5. The van der Waals surface area contributed by atoms with E-state index < -0.39 is 0 Å². The van der Waals surface area contributed by atoms with E-state index in [9.17, 15) is 0 Å². The van der Waals surface area contributed by atoms with E-state index in [4.69, 9.17) is 61.8 Å². The lowest BCUT2D eigenvalue weighted by Gasteiger charge is -2.12. The summed E-state index contributed by atoms with van der Waals surface area (Å²) in [7, 11) is 0. The molecule has 0 saturated carbocycles. The van der Waals surface area contributed by atoms with Gasteiger partial charge < -0.3 is 14.3 Å². The van der Waals surface area contributed by atoms with Crippen molar-refractivity contribution in [3.05, 3.63) is 32.7 Å². The highest BCUT2D eigenvalue weighted by Crippen LogP contribution is 2.37. The van der Waals surface area contributed by atoms with Crippen molar-refractivity contribution in [3.63, 3.8) is 0 Å². The average molecular weight is 389 g/mol. The molecule has 0 spiro atoms. The van der Waals surface area contributed by atoms with Crippen molar-refractivity contribution in [2.24, 2.45) is 5.90 Å². The first-order chi connectivity index (χ1) is 10.5. The van der Waals surface area contributed by atoms with Gasteiger partial charge in [-0.2, -0.15) is 0 Å². The van der Waals surface area contributed by atoms with E-state index in [1.807, 2.05) is 0 Å². The molecule has 1 aromatic rings. The molecule has 4 nitrogen and oxygen atoms in total. The maximum Gasteiger partial charge on any atom is 0.156 e. The average Bonchev–Trinajstić information content (AvgIpc) is 2.44. The van der Waals surface area contributed by atoms with Crippen LogP contribution in [0.25, 0.3) is 0 Å². The SMILES string of the molecule is NOCCCCCOc1c(Cl)cc(OCC=C(Cl)Cl)cc1Cl. The Balaban J connectivity index is 2.49. The molecule has 0 unspecified atom stereocenters. The molecule has 1 rings (SSSR count). The molecular weight excluding hydrogens is 372 g/mol. The van der Waals surface area contributed by atoms with Gasteiger partial charge in [-0.3, -0.25) is 0 Å². The van der Waals surface area contributed by atoms with Crippen LogP contribution in [0.3, 0.4) is 0 Å². The van der Waals surface area contributed by atoms with Crippen molar-refractivity contribution in [1.82, 2.24) is 0 Å². The molecule has 0 fully saturated rings. The number of unbranched alkanes of at least 4 members (excludes halogenated alkanes) is 2. The minimum Gasteiger partial charge on any atom is -0.490 e. The molecule has 0 radical (unpaired) electrons. The quantitative estimate of drug-likeness (QED) is 0.445. The van der Waals surface area contributed by atoms with Crippen LogP contribution in [0, 0.1) is 0 Å². The van der Waals surface area contributed by atoms with Gasteiger partial charge in [0, 0.05) is 12.1 Å². The zero-order chi connectivity index (χ0) is 16.4. The molecule has 124 valence electrons. The predicted molar refractivity (Wildman–Crippen MR) is 91.2 cm³/mol. The second-order valence-electron chi connectivity index (χ2n) is 4.30. The van der Waals surface area contributed by atoms with E-state index in [2.05, 4.69) is 4.84 Å². The molecule has 0 aromatic heterocycles. The highest BCUT2D eigenvalue weighted by molar-refractivity contribution is 6.55. The van der Waals surface area contributed by atoms with Crippen molar-refractivity contribution in [3.8, 4) is 11.5 Å². The summed E-state index contributed by atoms with van der Waals surface area (Å²) < 4.78 is 11.1. The Hall–Kier alpha value is -0.360. The summed E-state index contributed by atoms with van der Waals surface area (Å²) in [6.45, 7) is 1.27. The Labute approximate surface area is 150 Å². The molecule has 8 heteroatoms. The van der Waals surface area contributed by atoms with Crippen molar-refractivity contribution >= 4 is 46.4 Å². The number of benzene rings is 1. The molecule has 0 aliphatic carbocycles. The summed E-state index contributed by atoms with van der Waals surface area (Å²) in [5, 5.41) is 0.766. The summed E-state index contributed by atoms with van der Waals surface area (Å²) in [5.74, 6) is 5.89. The standard InChI is InChI=1S/C14H17Cl4NO3/c15-11-8-10(20-7-4-13(17)18)9-12(16)14(11)21-5-2-1-3-6-22-19/h4,8-9H,1-3,5-7,19H2. The highest BCUT2D eigenvalue weighted by Gasteiger charge is 2.10. The number of halogens is 4. The maximum absolute atomic E-state index is 6.15. The lowest BCUT2D eigenvalue weighted by atomic mass is 10.2. The fourth-order valence-corrected chi connectivity index (χ4v) is 2.30. The molecule has 2 N–H and O–H groups in total. The zero-order valence-corrected chi connectivity index (χ0v) is 14.8. The van der Waals surface area contributed by atoms with Crippen LogP contribution in [-0.4, -0.2) is 19.8 Å². The van der Waals surface area contributed by atoms with Gasteiger partial charge in [-0.05, 0) is 25.3 Å². The van der Waals surface area contributed by atoms with Crippen molar-refractivity contribution in [2.75, 3.05) is 19.8 Å². The number of hydrogen-bond donors (Lipinski definition) is 1. The van der Waals surface area contributed by atoms with Crippen molar-refractivity contribution in [1.29, 1.82) is 0 Å². The van der Waals surface area contributed by atoms with Gasteiger partial charge in [0.1, 0.15) is 16.8 Å². The van der Waals surface area contributed by atoms with Crippen molar-refractivity contribution < 1.29 is 14.3 Å². The van der Waals surface area contributed by atoms with Crippen LogP contribution in [0.2, 0.25) is 10.0 Å². The maximum atomic E-state index is 6.15. The fourth-order valence-electron chi connectivity index (χ4n) is 1.60. The molecule has 0 heterocycles. The summed E-state index contributed by atoms with van der Waals surface area (Å²) in [5.41, 5.74) is 0. The Morgan fingerprint density at radius 1 is 1.00 bits per heavy atom. The number of nitrogens with two attached hydrogens (primary N) is 1. The van der Waals surface area contributed by atoms with Crippen LogP contribution in [-0.2, 0) is 4.84 Å². The first kappa shape index (κ1) is 19.7. The smallest absolute Gasteiger partial charge is 0.156 e. The van der Waals surface area contributed by atoms with Crippen LogP contribution in [0.15, 0.2) is 22.7 Å². The minimum absolute atomic E-state index is 0.136. The van der Waals surface area contributed by atoms with Gasteiger partial charge in [0.2, 0.25) is 0 Å². The van der Waals surface area contributed by atoms with Crippen LogP contribution in [0.1, 0.15) is 19.3 Å². The third-order valence-corrected chi connectivity index (χ3v) is 3.48. The summed E-state index contributed by atoms with van der Waals surface area (Å²) in [6, 6.07) is 3.25. The van der Waals surface area contributed by atoms with Crippen molar-refractivity contribution in [2.45, 2.75) is 19.3 Å². The molecule has 0 aliphatic rings. The van der Waals surface area contributed by atoms with Crippen LogP contribution < -0.4 is 15.4 Å². The Morgan fingerprint density at radius 2 is 1.64 bits per heavy atom. The van der Waals surface area contributed by atoms with Crippen LogP contribution >= 0.6 is 46.4 Å². The van der Waals surface area contributed by atoms with Crippen LogP contribution in [0.4, 0.5) is 0 Å². The van der Waals surface area contributed by atoms with Gasteiger partial charge in [-0.1, -0.05) is 46.4 Å². The monoisotopic (exact) mass is 387 g/mol. The van der Waals surface area contributed by atoms with Gasteiger partial charge in [-0.25, -0.2) is 5.90 Å². The molecule has 0 atom stereocenters. The first-order valence-corrected chi connectivity index (χ1v) is 8.13. The first-order valence-electron chi connectivity index (χ1n) is 6.62. The molecule has 0 aliphatic heterocycles. The van der Waals surface area contributed by atoms with E-state index in [0.717, 1.165) is 19.3 Å². The molecular formula is C14H17Cl4NO3. The second kappa shape index (κ2) is 11.2. The molecule has 1 aromatic carbocycles. The molecule has 22 heavy (non-hydrogen) atoms. The third kappa shape index (κ3) is 7.77. The van der Waals surface area contributed by atoms with Crippen LogP contribution in [0.5, 0.6) is 11.5 Å². The fraction of sp³-hybridized carbons (Fsp3) is 0.429. The molecule has 0 amide bonds. The normalized spacial score (nSPS) is 10.4. The third-order valence-electron chi connectivity index (χ3n) is 2.61. The lowest BCUT2D eigenvalue weighted by Crippen LogP contribution is -2.03. The lowest BCUT2D eigenvalue weighted by molar-refractivity contribution is 0.132.